The normalized spacial score (nSPS) is 18.3. The van der Waals surface area contributed by atoms with E-state index < -0.39 is 10.0 Å². The van der Waals surface area contributed by atoms with Crippen molar-refractivity contribution in [1.82, 2.24) is 4.31 Å². The molecule has 0 atom stereocenters. The van der Waals surface area contributed by atoms with Gasteiger partial charge in [0.1, 0.15) is 10.7 Å². The van der Waals surface area contributed by atoms with Crippen molar-refractivity contribution in [3.63, 3.8) is 0 Å². The summed E-state index contributed by atoms with van der Waals surface area (Å²) in [6.45, 7) is 1.89. The summed E-state index contributed by atoms with van der Waals surface area (Å²) in [6.07, 6.45) is 0.601. The second-order valence-electron chi connectivity index (χ2n) is 3.32. The van der Waals surface area contributed by atoms with E-state index in [1.165, 1.54) is 11.4 Å². The molecular formula is C10H12N2O2S. The molecule has 0 aliphatic carbocycles. The highest BCUT2D eigenvalue weighted by Crippen LogP contribution is 2.31. The second kappa shape index (κ2) is 3.34. The van der Waals surface area contributed by atoms with Gasteiger partial charge >= 0.3 is 0 Å². The van der Waals surface area contributed by atoms with Crippen LogP contribution in [0.3, 0.4) is 0 Å². The molecule has 0 N–H and O–H groups in total. The monoisotopic (exact) mass is 224 g/mol. The first-order valence-electron chi connectivity index (χ1n) is 4.73. The van der Waals surface area contributed by atoms with Crippen LogP contribution in [-0.4, -0.2) is 25.6 Å². The van der Waals surface area contributed by atoms with Crippen LogP contribution in [0, 0.1) is 0 Å². The molecule has 0 amide bonds. The Morgan fingerprint density at radius 2 is 2.00 bits per heavy atom. The minimum Gasteiger partial charge on any atom is -0.256 e. The highest BCUT2D eigenvalue weighted by Gasteiger charge is 2.29. The molecule has 15 heavy (non-hydrogen) atoms. The number of benzene rings is 1. The Morgan fingerprint density at radius 1 is 1.33 bits per heavy atom. The van der Waals surface area contributed by atoms with Crippen molar-refractivity contribution < 1.29 is 8.42 Å². The SMILES string of the molecule is CCC1=Nc2ccccc2S(=O)(=O)N1C. The zero-order valence-corrected chi connectivity index (χ0v) is 9.45. The summed E-state index contributed by atoms with van der Waals surface area (Å²) in [5.74, 6) is 0.578. The molecule has 4 nitrogen and oxygen atoms in total. The lowest BCUT2D eigenvalue weighted by Crippen LogP contribution is -2.35. The lowest BCUT2D eigenvalue weighted by atomic mass is 10.3. The van der Waals surface area contributed by atoms with E-state index in [0.29, 0.717) is 17.9 Å². The molecular weight excluding hydrogens is 212 g/mol. The fourth-order valence-electron chi connectivity index (χ4n) is 1.57. The van der Waals surface area contributed by atoms with Crippen LogP contribution in [0.25, 0.3) is 0 Å². The van der Waals surface area contributed by atoms with Gasteiger partial charge in [-0.15, -0.1) is 0 Å². The van der Waals surface area contributed by atoms with Gasteiger partial charge in [0.05, 0.1) is 5.69 Å². The maximum atomic E-state index is 12.0. The third-order valence-electron chi connectivity index (χ3n) is 2.43. The number of sulfonamides is 1. The van der Waals surface area contributed by atoms with Gasteiger partial charge in [-0.05, 0) is 12.1 Å². The van der Waals surface area contributed by atoms with Crippen molar-refractivity contribution in [3.8, 4) is 0 Å². The van der Waals surface area contributed by atoms with E-state index in [0.717, 1.165) is 0 Å². The standard InChI is InChI=1S/C10H12N2O2S/c1-3-10-11-8-6-4-5-7-9(8)15(13,14)12(10)2/h4-7H,3H2,1-2H3. The van der Waals surface area contributed by atoms with Crippen LogP contribution in [0.15, 0.2) is 34.2 Å². The average Bonchev–Trinajstić information content (AvgIpc) is 2.24. The summed E-state index contributed by atoms with van der Waals surface area (Å²) in [4.78, 5) is 4.59. The number of nitrogens with zero attached hydrogens (tertiary/aromatic N) is 2. The minimum atomic E-state index is -3.38. The molecule has 1 aromatic rings. The first-order valence-corrected chi connectivity index (χ1v) is 6.17. The van der Waals surface area contributed by atoms with Crippen molar-refractivity contribution in [1.29, 1.82) is 0 Å². The van der Waals surface area contributed by atoms with Crippen molar-refractivity contribution >= 4 is 21.5 Å². The van der Waals surface area contributed by atoms with Gasteiger partial charge in [-0.25, -0.2) is 13.4 Å². The Kier molecular flexibility index (Phi) is 2.26. The second-order valence-corrected chi connectivity index (χ2v) is 5.26. The molecule has 0 unspecified atom stereocenters. The molecule has 0 radical (unpaired) electrons. The van der Waals surface area contributed by atoms with E-state index in [-0.39, 0.29) is 4.90 Å². The number of para-hydroxylation sites is 1. The maximum absolute atomic E-state index is 12.0. The fraction of sp³-hybridized carbons (Fsp3) is 0.300. The lowest BCUT2D eigenvalue weighted by molar-refractivity contribution is 0.547. The summed E-state index contributed by atoms with van der Waals surface area (Å²) in [5.41, 5.74) is 0.535. The zero-order chi connectivity index (χ0) is 11.1. The third kappa shape index (κ3) is 1.43. The summed E-state index contributed by atoms with van der Waals surface area (Å²) < 4.78 is 25.3. The van der Waals surface area contributed by atoms with Crippen LogP contribution in [0.5, 0.6) is 0 Å². The largest absolute Gasteiger partial charge is 0.267 e. The highest BCUT2D eigenvalue weighted by molar-refractivity contribution is 7.89. The Morgan fingerprint density at radius 3 is 2.67 bits per heavy atom. The smallest absolute Gasteiger partial charge is 0.256 e. The van der Waals surface area contributed by atoms with Crippen LogP contribution in [0.2, 0.25) is 0 Å². The predicted octanol–water partition coefficient (Wildman–Crippen LogP) is 1.76. The molecule has 2 rings (SSSR count). The Labute approximate surface area is 89.3 Å². The Balaban J connectivity index is 2.73. The van der Waals surface area contributed by atoms with Gasteiger partial charge in [-0.3, -0.25) is 4.31 Å². The van der Waals surface area contributed by atoms with E-state index in [1.807, 2.05) is 6.92 Å². The van der Waals surface area contributed by atoms with Crippen molar-refractivity contribution in [3.05, 3.63) is 24.3 Å². The molecule has 1 heterocycles. The third-order valence-corrected chi connectivity index (χ3v) is 4.27. The van der Waals surface area contributed by atoms with Gasteiger partial charge in [0, 0.05) is 13.5 Å². The van der Waals surface area contributed by atoms with Gasteiger partial charge in [0.15, 0.2) is 0 Å². The molecule has 0 saturated carbocycles. The highest BCUT2D eigenvalue weighted by atomic mass is 32.2. The zero-order valence-electron chi connectivity index (χ0n) is 8.64. The number of aliphatic imine (C=N–C) groups is 1. The van der Waals surface area contributed by atoms with Gasteiger partial charge in [-0.2, -0.15) is 0 Å². The fourth-order valence-corrected chi connectivity index (χ4v) is 2.94. The molecule has 1 aliphatic heterocycles. The van der Waals surface area contributed by atoms with E-state index in [4.69, 9.17) is 0 Å². The van der Waals surface area contributed by atoms with Crippen LogP contribution >= 0.6 is 0 Å². The van der Waals surface area contributed by atoms with Crippen LogP contribution in [0.4, 0.5) is 5.69 Å². The molecule has 80 valence electrons. The average molecular weight is 224 g/mol. The van der Waals surface area contributed by atoms with E-state index in [2.05, 4.69) is 4.99 Å². The summed E-state index contributed by atoms with van der Waals surface area (Å²) in [6, 6.07) is 6.79. The van der Waals surface area contributed by atoms with E-state index >= 15 is 0 Å². The van der Waals surface area contributed by atoms with Gasteiger partial charge in [0.25, 0.3) is 10.0 Å². The van der Waals surface area contributed by atoms with Crippen molar-refractivity contribution in [2.45, 2.75) is 18.2 Å². The van der Waals surface area contributed by atoms with E-state index in [9.17, 15) is 8.42 Å². The quantitative estimate of drug-likeness (QED) is 0.729. The number of rotatable bonds is 1. The molecule has 0 spiro atoms. The van der Waals surface area contributed by atoms with Gasteiger partial charge in [-0.1, -0.05) is 19.1 Å². The summed E-state index contributed by atoms with van der Waals surface area (Å²) in [7, 11) is -1.84. The summed E-state index contributed by atoms with van der Waals surface area (Å²) in [5, 5.41) is 0. The van der Waals surface area contributed by atoms with Crippen molar-refractivity contribution in [2.75, 3.05) is 7.05 Å². The van der Waals surface area contributed by atoms with Crippen molar-refractivity contribution in [2.24, 2.45) is 4.99 Å². The molecule has 1 aromatic carbocycles. The molecule has 5 heteroatoms. The number of hydrogen-bond donors (Lipinski definition) is 0. The van der Waals surface area contributed by atoms with E-state index in [1.54, 1.807) is 24.3 Å². The molecule has 0 bridgehead atoms. The minimum absolute atomic E-state index is 0.282. The Bertz CT molecular complexity index is 520. The molecule has 0 aromatic heterocycles. The predicted molar refractivity (Wildman–Crippen MR) is 58.8 cm³/mol. The molecule has 0 saturated heterocycles. The maximum Gasteiger partial charge on any atom is 0.267 e. The number of fused-ring (bicyclic) bond motifs is 1. The van der Waals surface area contributed by atoms with Crippen LogP contribution in [0.1, 0.15) is 13.3 Å². The van der Waals surface area contributed by atoms with Crippen LogP contribution in [-0.2, 0) is 10.0 Å². The number of amidine groups is 1. The molecule has 1 aliphatic rings. The van der Waals surface area contributed by atoms with Gasteiger partial charge in [0.2, 0.25) is 0 Å². The number of hydrogen-bond acceptors (Lipinski definition) is 3. The lowest BCUT2D eigenvalue weighted by Gasteiger charge is -2.25. The van der Waals surface area contributed by atoms with Crippen LogP contribution < -0.4 is 0 Å². The first kappa shape index (κ1) is 10.2. The first-order chi connectivity index (χ1) is 7.07. The Hall–Kier alpha value is -1.36. The molecule has 0 fully saturated rings. The summed E-state index contributed by atoms with van der Waals surface area (Å²) >= 11 is 0. The van der Waals surface area contributed by atoms with Gasteiger partial charge < -0.3 is 0 Å². The topological polar surface area (TPSA) is 49.7 Å².